The number of halogens is 1. The summed E-state index contributed by atoms with van der Waals surface area (Å²) in [6.45, 7) is 4.53. The Morgan fingerprint density at radius 2 is 1.87 bits per heavy atom. The maximum absolute atomic E-state index is 12.2. The van der Waals surface area contributed by atoms with Crippen LogP contribution < -0.4 is 15.8 Å². The van der Waals surface area contributed by atoms with Gasteiger partial charge in [0.25, 0.3) is 0 Å². The Kier molecular flexibility index (Phi) is 7.07. The van der Waals surface area contributed by atoms with Crippen molar-refractivity contribution in [3.8, 4) is 5.75 Å². The van der Waals surface area contributed by atoms with Crippen molar-refractivity contribution in [1.29, 1.82) is 0 Å². The van der Waals surface area contributed by atoms with Gasteiger partial charge in [-0.1, -0.05) is 42.5 Å². The molecule has 0 aliphatic rings. The largest absolute Gasteiger partial charge is 0.492 e. The van der Waals surface area contributed by atoms with Gasteiger partial charge in [-0.3, -0.25) is 4.79 Å². The highest BCUT2D eigenvalue weighted by Crippen LogP contribution is 2.17. The van der Waals surface area contributed by atoms with Crippen LogP contribution in [-0.4, -0.2) is 19.1 Å². The summed E-state index contributed by atoms with van der Waals surface area (Å²) in [6, 6.07) is 17.1. The highest BCUT2D eigenvalue weighted by Gasteiger charge is 2.29. The standard InChI is InChI=1S/C18H22N2O2.ClH/c1-14-7-6-10-16(13-14)22-12-11-20-17(21)18(2,19)15-8-4-3-5-9-15;/h3-10,13H,11-12,19H2,1-2H3,(H,20,21);1H. The van der Waals surface area contributed by atoms with Crippen molar-refractivity contribution in [3.63, 3.8) is 0 Å². The van der Waals surface area contributed by atoms with Crippen molar-refractivity contribution in [2.45, 2.75) is 19.4 Å². The molecule has 1 amide bonds. The van der Waals surface area contributed by atoms with Crippen molar-refractivity contribution in [2.24, 2.45) is 5.73 Å². The molecule has 0 bridgehead atoms. The van der Waals surface area contributed by atoms with E-state index in [0.29, 0.717) is 13.2 Å². The minimum Gasteiger partial charge on any atom is -0.492 e. The molecule has 4 nitrogen and oxygen atoms in total. The summed E-state index contributed by atoms with van der Waals surface area (Å²) in [5.74, 6) is 0.583. The molecular formula is C18H23ClN2O2. The Morgan fingerprint density at radius 1 is 1.17 bits per heavy atom. The molecule has 2 aromatic carbocycles. The third-order valence-electron chi connectivity index (χ3n) is 3.49. The van der Waals surface area contributed by atoms with Gasteiger partial charge < -0.3 is 15.8 Å². The first-order valence-corrected chi connectivity index (χ1v) is 7.32. The summed E-state index contributed by atoms with van der Waals surface area (Å²) in [7, 11) is 0. The fraction of sp³-hybridized carbons (Fsp3) is 0.278. The number of nitrogens with one attached hydrogen (secondary N) is 1. The predicted octanol–water partition coefficient (Wildman–Crippen LogP) is 2.79. The second-order valence-electron chi connectivity index (χ2n) is 5.49. The Balaban J connectivity index is 0.00000264. The van der Waals surface area contributed by atoms with E-state index < -0.39 is 5.54 Å². The number of nitrogens with two attached hydrogens (primary N) is 1. The Morgan fingerprint density at radius 3 is 2.52 bits per heavy atom. The molecule has 0 saturated carbocycles. The molecule has 124 valence electrons. The van der Waals surface area contributed by atoms with E-state index in [2.05, 4.69) is 5.32 Å². The lowest BCUT2D eigenvalue weighted by atomic mass is 9.92. The lowest BCUT2D eigenvalue weighted by molar-refractivity contribution is -0.126. The molecule has 0 saturated heterocycles. The van der Waals surface area contributed by atoms with Crippen LogP contribution in [0.4, 0.5) is 0 Å². The van der Waals surface area contributed by atoms with Gasteiger partial charge in [0.1, 0.15) is 17.9 Å². The quantitative estimate of drug-likeness (QED) is 0.798. The third kappa shape index (κ3) is 5.27. The Hall–Kier alpha value is -2.04. The van der Waals surface area contributed by atoms with Crippen LogP contribution in [0.3, 0.4) is 0 Å². The van der Waals surface area contributed by atoms with Crippen molar-refractivity contribution in [3.05, 3.63) is 65.7 Å². The smallest absolute Gasteiger partial charge is 0.244 e. The van der Waals surface area contributed by atoms with Gasteiger partial charge in [-0.25, -0.2) is 0 Å². The average molecular weight is 335 g/mol. The summed E-state index contributed by atoms with van der Waals surface area (Å²) in [5.41, 5.74) is 7.01. The topological polar surface area (TPSA) is 64.3 Å². The number of carbonyl (C=O) groups excluding carboxylic acids is 1. The molecule has 0 heterocycles. The second-order valence-corrected chi connectivity index (χ2v) is 5.49. The van der Waals surface area contributed by atoms with Crippen LogP contribution in [0.15, 0.2) is 54.6 Å². The molecule has 0 aromatic heterocycles. The summed E-state index contributed by atoms with van der Waals surface area (Å²) < 4.78 is 5.60. The van der Waals surface area contributed by atoms with Gasteiger partial charge >= 0.3 is 0 Å². The molecule has 1 unspecified atom stereocenters. The number of benzene rings is 2. The van der Waals surface area contributed by atoms with Gasteiger partial charge in [-0.2, -0.15) is 0 Å². The van der Waals surface area contributed by atoms with Crippen LogP contribution in [0.2, 0.25) is 0 Å². The van der Waals surface area contributed by atoms with Gasteiger partial charge in [0, 0.05) is 0 Å². The highest BCUT2D eigenvalue weighted by atomic mass is 35.5. The van der Waals surface area contributed by atoms with Gasteiger partial charge in [-0.15, -0.1) is 12.4 Å². The maximum Gasteiger partial charge on any atom is 0.244 e. The van der Waals surface area contributed by atoms with Crippen molar-refractivity contribution in [2.75, 3.05) is 13.2 Å². The average Bonchev–Trinajstić information content (AvgIpc) is 2.52. The Labute approximate surface area is 143 Å². The molecule has 3 N–H and O–H groups in total. The molecule has 0 spiro atoms. The first-order valence-electron chi connectivity index (χ1n) is 7.32. The zero-order valence-electron chi connectivity index (χ0n) is 13.4. The molecule has 2 aromatic rings. The number of hydrogen-bond donors (Lipinski definition) is 2. The van der Waals surface area contributed by atoms with Crippen LogP contribution in [0.25, 0.3) is 0 Å². The molecule has 0 aliphatic heterocycles. The molecule has 5 heteroatoms. The van der Waals surface area contributed by atoms with E-state index in [1.807, 2.05) is 61.5 Å². The number of aryl methyl sites for hydroxylation is 1. The molecular weight excluding hydrogens is 312 g/mol. The first kappa shape index (κ1) is 19.0. The fourth-order valence-corrected chi connectivity index (χ4v) is 2.14. The van der Waals surface area contributed by atoms with E-state index in [9.17, 15) is 4.79 Å². The molecule has 2 rings (SSSR count). The summed E-state index contributed by atoms with van der Waals surface area (Å²) in [5, 5.41) is 2.82. The van der Waals surface area contributed by atoms with Gasteiger partial charge in [0.2, 0.25) is 5.91 Å². The molecule has 0 radical (unpaired) electrons. The zero-order valence-corrected chi connectivity index (χ0v) is 14.2. The maximum atomic E-state index is 12.2. The van der Waals surface area contributed by atoms with Crippen LogP contribution in [0.5, 0.6) is 5.75 Å². The highest BCUT2D eigenvalue weighted by molar-refractivity contribution is 5.87. The minimum absolute atomic E-state index is 0. The van der Waals surface area contributed by atoms with Crippen LogP contribution in [0, 0.1) is 6.92 Å². The SMILES string of the molecule is Cc1cccc(OCCNC(=O)C(C)(N)c2ccccc2)c1.Cl. The van der Waals surface area contributed by atoms with Crippen LogP contribution in [-0.2, 0) is 10.3 Å². The number of ether oxygens (including phenoxy) is 1. The van der Waals surface area contributed by atoms with Crippen molar-refractivity contribution in [1.82, 2.24) is 5.32 Å². The Bertz CT molecular complexity index is 630. The van der Waals surface area contributed by atoms with Gasteiger partial charge in [0.05, 0.1) is 6.54 Å². The summed E-state index contributed by atoms with van der Waals surface area (Å²) >= 11 is 0. The lowest BCUT2D eigenvalue weighted by Gasteiger charge is -2.24. The van der Waals surface area contributed by atoms with Crippen LogP contribution >= 0.6 is 12.4 Å². The van der Waals surface area contributed by atoms with Crippen LogP contribution in [0.1, 0.15) is 18.1 Å². The normalized spacial score (nSPS) is 12.7. The minimum atomic E-state index is -1.05. The van der Waals surface area contributed by atoms with Crippen molar-refractivity contribution >= 4 is 18.3 Å². The first-order chi connectivity index (χ1) is 10.5. The van der Waals surface area contributed by atoms with E-state index in [1.165, 1.54) is 0 Å². The summed E-state index contributed by atoms with van der Waals surface area (Å²) in [4.78, 5) is 12.2. The monoisotopic (exact) mass is 334 g/mol. The number of amides is 1. The number of rotatable bonds is 6. The summed E-state index contributed by atoms with van der Waals surface area (Å²) in [6.07, 6.45) is 0. The predicted molar refractivity (Wildman–Crippen MR) is 94.9 cm³/mol. The zero-order chi connectivity index (χ0) is 16.0. The molecule has 0 aliphatic carbocycles. The molecule has 23 heavy (non-hydrogen) atoms. The fourth-order valence-electron chi connectivity index (χ4n) is 2.14. The third-order valence-corrected chi connectivity index (χ3v) is 3.49. The second kappa shape index (κ2) is 8.56. The van der Waals surface area contributed by atoms with E-state index in [0.717, 1.165) is 16.9 Å². The van der Waals surface area contributed by atoms with E-state index in [1.54, 1.807) is 6.92 Å². The molecule has 1 atom stereocenters. The van der Waals surface area contributed by atoms with E-state index in [-0.39, 0.29) is 18.3 Å². The number of carbonyl (C=O) groups is 1. The number of hydrogen-bond acceptors (Lipinski definition) is 3. The van der Waals surface area contributed by atoms with Crippen molar-refractivity contribution < 1.29 is 9.53 Å². The van der Waals surface area contributed by atoms with E-state index in [4.69, 9.17) is 10.5 Å². The molecule has 0 fully saturated rings. The lowest BCUT2D eigenvalue weighted by Crippen LogP contribution is -2.49. The van der Waals surface area contributed by atoms with Gasteiger partial charge in [-0.05, 0) is 37.1 Å². The van der Waals surface area contributed by atoms with E-state index >= 15 is 0 Å². The van der Waals surface area contributed by atoms with Gasteiger partial charge in [0.15, 0.2) is 0 Å².